The number of hydrogen-bond donors (Lipinski definition) is 2. The van der Waals surface area contributed by atoms with Gasteiger partial charge in [-0.05, 0) is 59.7 Å². The van der Waals surface area contributed by atoms with Crippen LogP contribution < -0.4 is 0 Å². The Hall–Kier alpha value is -4.12. The molecule has 29 heavy (non-hydrogen) atoms. The Bertz CT molecular complexity index is 1220. The molecule has 0 bridgehead atoms. The van der Waals surface area contributed by atoms with Gasteiger partial charge in [0.2, 0.25) is 0 Å². The van der Waals surface area contributed by atoms with E-state index in [1.807, 2.05) is 66.7 Å². The molecule has 5 heteroatoms. The molecule has 0 fully saturated rings. The van der Waals surface area contributed by atoms with E-state index in [1.54, 1.807) is 12.2 Å². The Balaban J connectivity index is 2.00. The highest BCUT2D eigenvalue weighted by molar-refractivity contribution is 6.10. The maximum atomic E-state index is 10.9. The maximum absolute atomic E-state index is 10.9. The number of carbonyl (C=O) groups is 2. The van der Waals surface area contributed by atoms with E-state index < -0.39 is 11.9 Å². The number of nitrogens with zero attached hydrogens (tertiary/aromatic N) is 1. The number of aliphatic carboxylic acids is 2. The van der Waals surface area contributed by atoms with E-state index in [0.29, 0.717) is 0 Å². The van der Waals surface area contributed by atoms with Crippen LogP contribution >= 0.6 is 0 Å². The van der Waals surface area contributed by atoms with E-state index >= 15 is 0 Å². The van der Waals surface area contributed by atoms with Crippen molar-refractivity contribution in [2.24, 2.45) is 0 Å². The van der Waals surface area contributed by atoms with E-state index in [1.165, 1.54) is 0 Å². The fraction of sp³-hybridized carbons (Fsp3) is 0. The van der Waals surface area contributed by atoms with E-state index in [0.717, 1.165) is 50.8 Å². The van der Waals surface area contributed by atoms with Gasteiger partial charge in [-0.15, -0.1) is 0 Å². The average molecular weight is 383 g/mol. The van der Waals surface area contributed by atoms with Gasteiger partial charge in [-0.2, -0.15) is 0 Å². The molecule has 5 nitrogen and oxygen atoms in total. The number of carboxylic acids is 2. The molecular formula is C24H17NO4. The van der Waals surface area contributed by atoms with Crippen LogP contribution in [0.3, 0.4) is 0 Å². The molecule has 0 spiro atoms. The van der Waals surface area contributed by atoms with Crippen LogP contribution in [0.5, 0.6) is 0 Å². The standard InChI is InChI=1S/C24H17NO4/c26-23(27)12-8-16-6-10-21-19(14-16)20-15-17(9-13-24(28)29)7-11-22(20)25(21)18-4-2-1-3-5-18/h1-15H,(H,26,27)(H,28,29). The Morgan fingerprint density at radius 1 is 0.690 bits per heavy atom. The lowest BCUT2D eigenvalue weighted by atomic mass is 10.1. The van der Waals surface area contributed by atoms with Crippen LogP contribution in [0.2, 0.25) is 0 Å². The molecule has 0 aliphatic rings. The summed E-state index contributed by atoms with van der Waals surface area (Å²) in [5.74, 6) is -2.00. The zero-order chi connectivity index (χ0) is 20.4. The molecule has 1 heterocycles. The summed E-state index contributed by atoms with van der Waals surface area (Å²) in [5, 5.41) is 19.7. The molecule has 142 valence electrons. The summed E-state index contributed by atoms with van der Waals surface area (Å²) in [4.78, 5) is 21.7. The zero-order valence-corrected chi connectivity index (χ0v) is 15.3. The average Bonchev–Trinajstić information content (AvgIpc) is 3.04. The number of carboxylic acid groups (broad SMARTS) is 2. The van der Waals surface area contributed by atoms with Crippen LogP contribution in [0.25, 0.3) is 39.6 Å². The minimum absolute atomic E-state index is 0.776. The van der Waals surface area contributed by atoms with Crippen molar-refractivity contribution in [1.29, 1.82) is 0 Å². The van der Waals surface area contributed by atoms with Crippen molar-refractivity contribution in [2.75, 3.05) is 0 Å². The van der Waals surface area contributed by atoms with Crippen molar-refractivity contribution in [3.05, 3.63) is 90.0 Å². The predicted molar refractivity (Wildman–Crippen MR) is 114 cm³/mol. The fourth-order valence-electron chi connectivity index (χ4n) is 3.46. The lowest BCUT2D eigenvalue weighted by Gasteiger charge is -2.07. The molecule has 0 atom stereocenters. The van der Waals surface area contributed by atoms with E-state index in [4.69, 9.17) is 10.2 Å². The highest BCUT2D eigenvalue weighted by Crippen LogP contribution is 2.33. The SMILES string of the molecule is O=C(O)C=Cc1ccc2c(c1)c1cc(C=CC(=O)O)ccc1n2-c1ccccc1. The normalized spacial score (nSPS) is 11.7. The van der Waals surface area contributed by atoms with Gasteiger partial charge in [-0.25, -0.2) is 9.59 Å². The van der Waals surface area contributed by atoms with Crippen LogP contribution in [0.15, 0.2) is 78.9 Å². The van der Waals surface area contributed by atoms with Gasteiger partial charge in [0.05, 0.1) is 11.0 Å². The van der Waals surface area contributed by atoms with E-state index in [9.17, 15) is 9.59 Å². The number of hydrogen-bond acceptors (Lipinski definition) is 2. The summed E-state index contributed by atoms with van der Waals surface area (Å²) in [6.07, 6.45) is 5.33. The molecule has 0 aliphatic heterocycles. The number of benzene rings is 3. The van der Waals surface area contributed by atoms with Crippen LogP contribution in [-0.2, 0) is 9.59 Å². The third kappa shape index (κ3) is 3.66. The minimum Gasteiger partial charge on any atom is -0.478 e. The van der Waals surface area contributed by atoms with Crippen LogP contribution in [0.1, 0.15) is 11.1 Å². The molecule has 0 aliphatic carbocycles. The number of aromatic nitrogens is 1. The van der Waals surface area contributed by atoms with Crippen LogP contribution in [0.4, 0.5) is 0 Å². The zero-order valence-electron chi connectivity index (χ0n) is 15.3. The highest BCUT2D eigenvalue weighted by Gasteiger charge is 2.12. The Labute approximate surface area is 166 Å². The van der Waals surface area contributed by atoms with Crippen molar-refractivity contribution >= 4 is 45.9 Å². The van der Waals surface area contributed by atoms with Gasteiger partial charge < -0.3 is 14.8 Å². The third-order valence-electron chi connectivity index (χ3n) is 4.66. The van der Waals surface area contributed by atoms with Crippen LogP contribution in [-0.4, -0.2) is 26.7 Å². The van der Waals surface area contributed by atoms with Gasteiger partial charge in [0.25, 0.3) is 0 Å². The van der Waals surface area contributed by atoms with Gasteiger partial charge in [0.1, 0.15) is 0 Å². The summed E-state index contributed by atoms with van der Waals surface area (Å²) in [6.45, 7) is 0. The summed E-state index contributed by atoms with van der Waals surface area (Å²) < 4.78 is 2.14. The number of para-hydroxylation sites is 1. The fourth-order valence-corrected chi connectivity index (χ4v) is 3.46. The quantitative estimate of drug-likeness (QED) is 0.477. The summed E-state index contributed by atoms with van der Waals surface area (Å²) in [5.41, 5.74) is 4.53. The first-order valence-corrected chi connectivity index (χ1v) is 8.98. The second-order valence-corrected chi connectivity index (χ2v) is 6.57. The summed E-state index contributed by atoms with van der Waals surface area (Å²) in [6, 6.07) is 21.5. The van der Waals surface area contributed by atoms with E-state index in [2.05, 4.69) is 4.57 Å². The largest absolute Gasteiger partial charge is 0.478 e. The van der Waals surface area contributed by atoms with Gasteiger partial charge in [-0.3, -0.25) is 0 Å². The molecule has 0 saturated heterocycles. The maximum Gasteiger partial charge on any atom is 0.328 e. The Kier molecular flexibility index (Phi) is 4.71. The molecule has 4 aromatic rings. The summed E-state index contributed by atoms with van der Waals surface area (Å²) in [7, 11) is 0. The molecule has 0 saturated carbocycles. The van der Waals surface area contributed by atoms with Crippen molar-refractivity contribution in [3.8, 4) is 5.69 Å². The molecule has 0 unspecified atom stereocenters. The second-order valence-electron chi connectivity index (χ2n) is 6.57. The first kappa shape index (κ1) is 18.3. The number of rotatable bonds is 5. The molecule has 0 amide bonds. The Morgan fingerprint density at radius 2 is 1.17 bits per heavy atom. The smallest absolute Gasteiger partial charge is 0.328 e. The topological polar surface area (TPSA) is 79.5 Å². The number of fused-ring (bicyclic) bond motifs is 3. The molecule has 4 rings (SSSR count). The van der Waals surface area contributed by atoms with E-state index in [-0.39, 0.29) is 0 Å². The van der Waals surface area contributed by atoms with Crippen molar-refractivity contribution < 1.29 is 19.8 Å². The minimum atomic E-state index is -1.00. The molecule has 3 aromatic carbocycles. The van der Waals surface area contributed by atoms with Gasteiger partial charge in [0.15, 0.2) is 0 Å². The van der Waals surface area contributed by atoms with Crippen molar-refractivity contribution in [3.63, 3.8) is 0 Å². The van der Waals surface area contributed by atoms with Gasteiger partial charge in [0, 0.05) is 28.6 Å². The predicted octanol–water partition coefficient (Wildman–Crippen LogP) is 4.98. The van der Waals surface area contributed by atoms with Crippen LogP contribution in [0, 0.1) is 0 Å². The van der Waals surface area contributed by atoms with Gasteiger partial charge >= 0.3 is 11.9 Å². The first-order chi connectivity index (χ1) is 14.0. The Morgan fingerprint density at radius 3 is 1.62 bits per heavy atom. The van der Waals surface area contributed by atoms with Crippen molar-refractivity contribution in [1.82, 2.24) is 4.57 Å². The van der Waals surface area contributed by atoms with Crippen molar-refractivity contribution in [2.45, 2.75) is 0 Å². The molecule has 0 radical (unpaired) electrons. The lowest BCUT2D eigenvalue weighted by molar-refractivity contribution is -0.132. The third-order valence-corrected chi connectivity index (χ3v) is 4.66. The molecule has 1 aromatic heterocycles. The lowest BCUT2D eigenvalue weighted by Crippen LogP contribution is -1.93. The second kappa shape index (κ2) is 7.48. The first-order valence-electron chi connectivity index (χ1n) is 8.98. The van der Waals surface area contributed by atoms with Gasteiger partial charge in [-0.1, -0.05) is 30.3 Å². The monoisotopic (exact) mass is 383 g/mol. The molecular weight excluding hydrogens is 366 g/mol. The summed E-state index contributed by atoms with van der Waals surface area (Å²) >= 11 is 0. The highest BCUT2D eigenvalue weighted by atomic mass is 16.4. The molecule has 2 N–H and O–H groups in total.